The van der Waals surface area contributed by atoms with Crippen LogP contribution in [-0.4, -0.2) is 11.9 Å². The topological polar surface area (TPSA) is 38.7 Å². The van der Waals surface area contributed by atoms with Gasteiger partial charge in [0.15, 0.2) is 11.6 Å². The van der Waals surface area contributed by atoms with Gasteiger partial charge in [0, 0.05) is 11.3 Å². The van der Waals surface area contributed by atoms with Crippen LogP contribution in [0.2, 0.25) is 0 Å². The fourth-order valence-electron chi connectivity index (χ4n) is 1.40. The number of aliphatic imine (C=N–C) groups is 1. The highest BCUT2D eigenvalue weighted by Crippen LogP contribution is 2.20. The Balaban J connectivity index is 2.17. The van der Waals surface area contributed by atoms with Crippen molar-refractivity contribution in [3.8, 4) is 0 Å². The van der Waals surface area contributed by atoms with Crippen molar-refractivity contribution in [1.29, 1.82) is 0 Å². The molecule has 0 saturated heterocycles. The van der Waals surface area contributed by atoms with Crippen LogP contribution in [0, 0.1) is 5.92 Å². The molecule has 0 saturated carbocycles. The molecule has 0 spiro atoms. The summed E-state index contributed by atoms with van der Waals surface area (Å²) >= 11 is 1.57. The molecule has 0 atom stereocenters. The van der Waals surface area contributed by atoms with E-state index in [1.165, 1.54) is 0 Å². The zero-order valence-corrected chi connectivity index (χ0v) is 10.1. The number of hydrogen-bond donors (Lipinski definition) is 0. The zero-order valence-electron chi connectivity index (χ0n) is 9.27. The molecule has 16 heavy (non-hydrogen) atoms. The van der Waals surface area contributed by atoms with E-state index in [0.717, 1.165) is 4.88 Å². The summed E-state index contributed by atoms with van der Waals surface area (Å²) in [5, 5.41) is 1.96. The van der Waals surface area contributed by atoms with E-state index >= 15 is 0 Å². The number of carbonyl (C=O) groups excluding carboxylic acids is 1. The number of rotatable bonds is 3. The Morgan fingerprint density at radius 3 is 3.00 bits per heavy atom. The van der Waals surface area contributed by atoms with Crippen LogP contribution in [0.1, 0.15) is 25.1 Å². The van der Waals surface area contributed by atoms with E-state index in [-0.39, 0.29) is 5.97 Å². The fraction of sp³-hybridized carbons (Fsp3) is 0.333. The average molecular weight is 235 g/mol. The van der Waals surface area contributed by atoms with Crippen LogP contribution in [0.5, 0.6) is 0 Å². The molecule has 1 aliphatic heterocycles. The molecule has 1 aromatic heterocycles. The van der Waals surface area contributed by atoms with Crippen LogP contribution in [0.15, 0.2) is 28.2 Å². The summed E-state index contributed by atoms with van der Waals surface area (Å²) in [6.07, 6.45) is 2.47. The molecule has 3 nitrogen and oxygen atoms in total. The summed E-state index contributed by atoms with van der Waals surface area (Å²) in [6, 6.07) is 3.89. The zero-order chi connectivity index (χ0) is 11.5. The summed E-state index contributed by atoms with van der Waals surface area (Å²) in [4.78, 5) is 16.7. The van der Waals surface area contributed by atoms with E-state index in [2.05, 4.69) is 18.8 Å². The molecule has 4 heteroatoms. The lowest BCUT2D eigenvalue weighted by Crippen LogP contribution is -2.06. The number of esters is 1. The van der Waals surface area contributed by atoms with Crippen molar-refractivity contribution >= 4 is 29.3 Å². The first-order valence-electron chi connectivity index (χ1n) is 5.20. The Morgan fingerprint density at radius 2 is 2.38 bits per heavy atom. The smallest absolute Gasteiger partial charge is 0.363 e. The van der Waals surface area contributed by atoms with Gasteiger partial charge in [0.1, 0.15) is 0 Å². The Morgan fingerprint density at radius 1 is 1.56 bits per heavy atom. The van der Waals surface area contributed by atoms with E-state index < -0.39 is 0 Å². The lowest BCUT2D eigenvalue weighted by Gasteiger charge is -2.01. The van der Waals surface area contributed by atoms with Crippen molar-refractivity contribution in [3.63, 3.8) is 0 Å². The van der Waals surface area contributed by atoms with Gasteiger partial charge in [0.25, 0.3) is 0 Å². The van der Waals surface area contributed by atoms with E-state index in [1.807, 2.05) is 17.5 Å². The second-order valence-corrected chi connectivity index (χ2v) is 5.02. The van der Waals surface area contributed by atoms with Crippen LogP contribution in [0.3, 0.4) is 0 Å². The summed E-state index contributed by atoms with van der Waals surface area (Å²) in [7, 11) is 0. The quantitative estimate of drug-likeness (QED) is 0.596. The summed E-state index contributed by atoms with van der Waals surface area (Å²) in [5.74, 6) is 0.625. The minimum absolute atomic E-state index is 0.343. The average Bonchev–Trinajstić information content (AvgIpc) is 2.77. The van der Waals surface area contributed by atoms with Gasteiger partial charge in [-0.2, -0.15) is 0 Å². The lowest BCUT2D eigenvalue weighted by molar-refractivity contribution is -0.130. The highest BCUT2D eigenvalue weighted by molar-refractivity contribution is 7.10. The Hall–Kier alpha value is -1.42. The number of ether oxygens (including phenoxy) is 1. The molecule has 0 radical (unpaired) electrons. The number of thiophene rings is 1. The van der Waals surface area contributed by atoms with Gasteiger partial charge in [0.2, 0.25) is 0 Å². The number of carbonyl (C=O) groups is 1. The molecule has 84 valence electrons. The van der Waals surface area contributed by atoms with Crippen LogP contribution in [0.25, 0.3) is 6.08 Å². The predicted octanol–water partition coefficient (Wildman–Crippen LogP) is 3.09. The van der Waals surface area contributed by atoms with Crippen LogP contribution < -0.4 is 0 Å². The first kappa shape index (κ1) is 11.1. The summed E-state index contributed by atoms with van der Waals surface area (Å²) in [5.41, 5.74) is 0.401. The van der Waals surface area contributed by atoms with Gasteiger partial charge in [0.05, 0.1) is 0 Å². The molecule has 0 amide bonds. The van der Waals surface area contributed by atoms with Crippen LogP contribution in [0.4, 0.5) is 0 Å². The maximum absolute atomic E-state index is 11.5. The van der Waals surface area contributed by atoms with Crippen molar-refractivity contribution in [2.45, 2.75) is 20.3 Å². The minimum Gasteiger partial charge on any atom is -0.407 e. The number of cyclic esters (lactones) is 1. The van der Waals surface area contributed by atoms with Gasteiger partial charge >= 0.3 is 5.97 Å². The molecular formula is C12H13NO2S. The third-order valence-electron chi connectivity index (χ3n) is 2.07. The van der Waals surface area contributed by atoms with Gasteiger partial charge in [-0.3, -0.25) is 0 Å². The molecule has 0 aromatic carbocycles. The van der Waals surface area contributed by atoms with Crippen molar-refractivity contribution in [2.24, 2.45) is 10.9 Å². The lowest BCUT2D eigenvalue weighted by atomic mass is 10.1. The summed E-state index contributed by atoms with van der Waals surface area (Å²) in [6.45, 7) is 4.13. The van der Waals surface area contributed by atoms with Crippen molar-refractivity contribution in [1.82, 2.24) is 0 Å². The molecule has 0 unspecified atom stereocenters. The number of hydrogen-bond acceptors (Lipinski definition) is 4. The molecule has 2 rings (SSSR count). The normalized spacial score (nSPS) is 18.1. The molecule has 2 heterocycles. The Bertz CT molecular complexity index is 444. The molecular weight excluding hydrogens is 222 g/mol. The fourth-order valence-corrected chi connectivity index (χ4v) is 2.05. The summed E-state index contributed by atoms with van der Waals surface area (Å²) < 4.78 is 5.08. The van der Waals surface area contributed by atoms with Crippen LogP contribution in [-0.2, 0) is 9.53 Å². The van der Waals surface area contributed by atoms with E-state index in [1.54, 1.807) is 17.4 Å². The number of nitrogens with zero attached hydrogens (tertiary/aromatic N) is 1. The standard InChI is InChI=1S/C12H13NO2S/c1-8(2)6-11-13-10(12(14)15-11)7-9-4-3-5-16-9/h3-5,7-8H,6H2,1-2H3/b10-7+. The third-order valence-corrected chi connectivity index (χ3v) is 2.89. The second kappa shape index (κ2) is 4.61. The van der Waals surface area contributed by atoms with Gasteiger partial charge in [-0.25, -0.2) is 9.79 Å². The second-order valence-electron chi connectivity index (χ2n) is 4.04. The van der Waals surface area contributed by atoms with Crippen molar-refractivity contribution in [3.05, 3.63) is 28.1 Å². The van der Waals surface area contributed by atoms with Gasteiger partial charge in [-0.15, -0.1) is 11.3 Å². The maximum Gasteiger partial charge on any atom is 0.363 e. The van der Waals surface area contributed by atoms with Gasteiger partial charge in [-0.1, -0.05) is 19.9 Å². The third kappa shape index (κ3) is 2.58. The maximum atomic E-state index is 11.5. The molecule has 0 aliphatic carbocycles. The van der Waals surface area contributed by atoms with E-state index in [9.17, 15) is 4.79 Å². The van der Waals surface area contributed by atoms with Crippen molar-refractivity contribution in [2.75, 3.05) is 0 Å². The largest absolute Gasteiger partial charge is 0.407 e. The molecule has 1 aliphatic rings. The van der Waals surface area contributed by atoms with E-state index in [4.69, 9.17) is 4.74 Å². The molecule has 0 fully saturated rings. The van der Waals surface area contributed by atoms with Crippen LogP contribution >= 0.6 is 11.3 Å². The Labute approximate surface area is 98.5 Å². The molecule has 0 bridgehead atoms. The first-order chi connectivity index (χ1) is 7.65. The van der Waals surface area contributed by atoms with Gasteiger partial charge in [-0.05, 0) is 23.4 Å². The minimum atomic E-state index is -0.343. The predicted molar refractivity (Wildman–Crippen MR) is 65.3 cm³/mol. The molecule has 1 aromatic rings. The Kier molecular flexibility index (Phi) is 3.19. The SMILES string of the molecule is CC(C)CC1=N/C(=C/c2cccs2)C(=O)O1. The molecule has 0 N–H and O–H groups in total. The van der Waals surface area contributed by atoms with E-state index in [0.29, 0.717) is 23.9 Å². The highest BCUT2D eigenvalue weighted by atomic mass is 32.1. The van der Waals surface area contributed by atoms with Gasteiger partial charge < -0.3 is 4.74 Å². The first-order valence-corrected chi connectivity index (χ1v) is 6.08. The monoisotopic (exact) mass is 235 g/mol. The highest BCUT2D eigenvalue weighted by Gasteiger charge is 2.23. The van der Waals surface area contributed by atoms with Crippen molar-refractivity contribution < 1.29 is 9.53 Å².